The molecular weight excluding hydrogens is 272 g/mol. The molecule has 1 N–H and O–H groups in total. The van der Waals surface area contributed by atoms with Crippen LogP contribution in [0.15, 0.2) is 24.3 Å². The predicted octanol–water partition coefficient (Wildman–Crippen LogP) is 6.13. The van der Waals surface area contributed by atoms with Crippen LogP contribution in [-0.2, 0) is 4.79 Å². The van der Waals surface area contributed by atoms with Crippen LogP contribution in [0.5, 0.6) is 0 Å². The second kappa shape index (κ2) is 12.5. The number of hydrogen-bond acceptors (Lipinski definition) is 1. The van der Waals surface area contributed by atoms with E-state index >= 15 is 0 Å². The van der Waals surface area contributed by atoms with Crippen molar-refractivity contribution in [2.24, 2.45) is 11.8 Å². The fourth-order valence-electron chi connectivity index (χ4n) is 3.50. The third-order valence-corrected chi connectivity index (χ3v) is 4.79. The van der Waals surface area contributed by atoms with Crippen molar-refractivity contribution in [1.29, 1.82) is 0 Å². The van der Waals surface area contributed by atoms with Crippen molar-refractivity contribution in [3.05, 3.63) is 24.3 Å². The molecule has 126 valence electrons. The lowest BCUT2D eigenvalue weighted by atomic mass is 9.90. The number of carboxylic acids is 1. The van der Waals surface area contributed by atoms with Gasteiger partial charge < -0.3 is 5.11 Å². The molecule has 0 aromatic heterocycles. The highest BCUT2D eigenvalue weighted by Gasteiger charge is 2.24. The summed E-state index contributed by atoms with van der Waals surface area (Å²) in [6.07, 6.45) is 23.1. The van der Waals surface area contributed by atoms with E-state index < -0.39 is 5.97 Å². The smallest absolute Gasteiger partial charge is 0.303 e. The van der Waals surface area contributed by atoms with Crippen molar-refractivity contribution in [2.75, 3.05) is 0 Å². The van der Waals surface area contributed by atoms with E-state index in [1.807, 2.05) is 0 Å². The molecule has 0 radical (unpaired) electrons. The molecule has 0 aliphatic heterocycles. The monoisotopic (exact) mass is 306 g/mol. The summed E-state index contributed by atoms with van der Waals surface area (Å²) in [7, 11) is 0. The summed E-state index contributed by atoms with van der Waals surface area (Å²) in [4.78, 5) is 10.5. The minimum Gasteiger partial charge on any atom is -0.481 e. The van der Waals surface area contributed by atoms with E-state index in [1.54, 1.807) is 0 Å². The van der Waals surface area contributed by atoms with Crippen LogP contribution in [0, 0.1) is 11.8 Å². The van der Waals surface area contributed by atoms with Crippen molar-refractivity contribution in [3.63, 3.8) is 0 Å². The van der Waals surface area contributed by atoms with Crippen LogP contribution in [0.25, 0.3) is 0 Å². The number of allylic oxidation sites excluding steroid dienone is 4. The van der Waals surface area contributed by atoms with Gasteiger partial charge in [-0.15, -0.1) is 0 Å². The third-order valence-electron chi connectivity index (χ3n) is 4.79. The summed E-state index contributed by atoms with van der Waals surface area (Å²) in [6, 6.07) is 0. The molecule has 0 aromatic carbocycles. The van der Waals surface area contributed by atoms with Gasteiger partial charge in [0.25, 0.3) is 0 Å². The zero-order valence-electron chi connectivity index (χ0n) is 14.3. The van der Waals surface area contributed by atoms with Gasteiger partial charge in [-0.25, -0.2) is 0 Å². The number of carboxylic acid groups (broad SMARTS) is 1. The maximum Gasteiger partial charge on any atom is 0.303 e. The lowest BCUT2D eigenvalue weighted by Crippen LogP contribution is -2.05. The molecule has 2 atom stereocenters. The maximum atomic E-state index is 10.5. The zero-order chi connectivity index (χ0) is 16.0. The molecule has 0 bridgehead atoms. The summed E-state index contributed by atoms with van der Waals surface area (Å²) in [5.41, 5.74) is 0. The lowest BCUT2D eigenvalue weighted by Gasteiger charge is -2.16. The van der Waals surface area contributed by atoms with Gasteiger partial charge in [0.05, 0.1) is 0 Å². The molecular formula is C20H34O2. The van der Waals surface area contributed by atoms with Gasteiger partial charge in [-0.1, -0.05) is 50.0 Å². The maximum absolute atomic E-state index is 10.5. The second-order valence-electron chi connectivity index (χ2n) is 6.63. The van der Waals surface area contributed by atoms with Crippen LogP contribution in [-0.4, -0.2) is 11.1 Å². The van der Waals surface area contributed by atoms with Crippen molar-refractivity contribution in [3.8, 4) is 0 Å². The molecule has 1 fully saturated rings. The molecule has 0 amide bonds. The number of carbonyl (C=O) groups is 1. The summed E-state index contributed by atoms with van der Waals surface area (Å²) in [5.74, 6) is 1.03. The first-order valence-electron chi connectivity index (χ1n) is 9.23. The Balaban J connectivity index is 2.09. The highest BCUT2D eigenvalue weighted by Crippen LogP contribution is 2.36. The van der Waals surface area contributed by atoms with E-state index in [0.29, 0.717) is 6.42 Å². The van der Waals surface area contributed by atoms with E-state index in [0.717, 1.165) is 24.7 Å². The fraction of sp³-hybridized carbons (Fsp3) is 0.750. The third kappa shape index (κ3) is 9.07. The minimum atomic E-state index is -0.657. The molecule has 1 saturated carbocycles. The first-order valence-corrected chi connectivity index (χ1v) is 9.23. The quantitative estimate of drug-likeness (QED) is 0.348. The van der Waals surface area contributed by atoms with Gasteiger partial charge >= 0.3 is 5.97 Å². The molecule has 1 aliphatic rings. The van der Waals surface area contributed by atoms with E-state index in [2.05, 4.69) is 31.2 Å². The standard InChI is InChI=1S/C20H34O2/c1-2-3-4-5-6-9-13-18-15-12-16-19(18)14-10-7-8-11-17-20(21)22/h2-3,9,13,18-19H,4-8,10-12,14-17H2,1H3,(H,21,22)/t18-,19-/m0/s1. The highest BCUT2D eigenvalue weighted by atomic mass is 16.4. The van der Waals surface area contributed by atoms with Crippen LogP contribution in [0.4, 0.5) is 0 Å². The topological polar surface area (TPSA) is 37.3 Å². The number of aliphatic carboxylic acids is 1. The summed E-state index contributed by atoms with van der Waals surface area (Å²) < 4.78 is 0. The fourth-order valence-corrected chi connectivity index (χ4v) is 3.50. The molecule has 22 heavy (non-hydrogen) atoms. The lowest BCUT2D eigenvalue weighted by molar-refractivity contribution is -0.137. The molecule has 2 heteroatoms. The molecule has 1 rings (SSSR count). The molecule has 0 spiro atoms. The first-order chi connectivity index (χ1) is 10.7. The normalized spacial score (nSPS) is 22.0. The Hall–Kier alpha value is -1.05. The highest BCUT2D eigenvalue weighted by molar-refractivity contribution is 5.66. The van der Waals surface area contributed by atoms with Gasteiger partial charge in [0, 0.05) is 6.42 Å². The van der Waals surface area contributed by atoms with Gasteiger partial charge in [0.1, 0.15) is 0 Å². The molecule has 0 unspecified atom stereocenters. The van der Waals surface area contributed by atoms with Gasteiger partial charge in [0.2, 0.25) is 0 Å². The average Bonchev–Trinajstić information content (AvgIpc) is 2.93. The molecule has 0 saturated heterocycles. The Morgan fingerprint density at radius 2 is 1.82 bits per heavy atom. The number of hydrogen-bond donors (Lipinski definition) is 1. The van der Waals surface area contributed by atoms with Gasteiger partial charge in [-0.05, 0) is 63.7 Å². The van der Waals surface area contributed by atoms with Gasteiger partial charge in [-0.2, -0.15) is 0 Å². The Bertz CT molecular complexity index is 344. The van der Waals surface area contributed by atoms with Crippen LogP contribution in [0.2, 0.25) is 0 Å². The number of rotatable bonds is 12. The van der Waals surface area contributed by atoms with E-state index in [9.17, 15) is 4.79 Å². The van der Waals surface area contributed by atoms with Crippen molar-refractivity contribution in [1.82, 2.24) is 0 Å². The van der Waals surface area contributed by atoms with Gasteiger partial charge in [0.15, 0.2) is 0 Å². The Labute approximate surface area is 136 Å². The molecule has 0 aromatic rings. The second-order valence-corrected chi connectivity index (χ2v) is 6.63. The SMILES string of the molecule is CC=CCCCC=C[C@H]1CCC[C@@H]1CCCCCCC(=O)O. The van der Waals surface area contributed by atoms with E-state index in [-0.39, 0.29) is 0 Å². The summed E-state index contributed by atoms with van der Waals surface area (Å²) in [6.45, 7) is 2.08. The minimum absolute atomic E-state index is 0.335. The van der Waals surface area contributed by atoms with Gasteiger partial charge in [-0.3, -0.25) is 4.79 Å². The van der Waals surface area contributed by atoms with E-state index in [4.69, 9.17) is 5.11 Å². The van der Waals surface area contributed by atoms with Crippen molar-refractivity contribution < 1.29 is 9.90 Å². The van der Waals surface area contributed by atoms with E-state index in [1.165, 1.54) is 57.8 Å². The van der Waals surface area contributed by atoms with Crippen molar-refractivity contribution >= 4 is 5.97 Å². The largest absolute Gasteiger partial charge is 0.481 e. The summed E-state index contributed by atoms with van der Waals surface area (Å²) in [5, 5.41) is 8.62. The zero-order valence-corrected chi connectivity index (χ0v) is 14.3. The van der Waals surface area contributed by atoms with Crippen LogP contribution in [0.3, 0.4) is 0 Å². The molecule has 2 nitrogen and oxygen atoms in total. The Kier molecular flexibility index (Phi) is 10.8. The predicted molar refractivity (Wildman–Crippen MR) is 94.0 cm³/mol. The Morgan fingerprint density at radius 3 is 2.59 bits per heavy atom. The Morgan fingerprint density at radius 1 is 1.05 bits per heavy atom. The summed E-state index contributed by atoms with van der Waals surface area (Å²) >= 11 is 0. The number of unbranched alkanes of at least 4 members (excludes halogenated alkanes) is 5. The average molecular weight is 306 g/mol. The molecule has 1 aliphatic carbocycles. The van der Waals surface area contributed by atoms with Crippen LogP contribution < -0.4 is 0 Å². The first kappa shape index (κ1) is 19.0. The van der Waals surface area contributed by atoms with Crippen LogP contribution in [0.1, 0.15) is 84.0 Å². The molecule has 0 heterocycles. The van der Waals surface area contributed by atoms with Crippen molar-refractivity contribution in [2.45, 2.75) is 84.0 Å². The van der Waals surface area contributed by atoms with Crippen LogP contribution >= 0.6 is 0 Å².